The van der Waals surface area contributed by atoms with Gasteiger partial charge >= 0.3 is 0 Å². The Bertz CT molecular complexity index is 1140. The van der Waals surface area contributed by atoms with Crippen molar-refractivity contribution in [1.82, 2.24) is 9.55 Å². The summed E-state index contributed by atoms with van der Waals surface area (Å²) >= 11 is 1.48. The van der Waals surface area contributed by atoms with Crippen LogP contribution in [0.4, 0.5) is 5.69 Å². The largest absolute Gasteiger partial charge is 0.315 e. The Hall–Kier alpha value is -2.80. The Morgan fingerprint density at radius 1 is 1.27 bits per heavy atom. The minimum absolute atomic E-state index is 0.0128. The summed E-state index contributed by atoms with van der Waals surface area (Å²) in [6.45, 7) is 3.79. The minimum Gasteiger partial charge on any atom is -0.315 e. The molecule has 0 bridgehead atoms. The van der Waals surface area contributed by atoms with Gasteiger partial charge in [-0.15, -0.1) is 11.3 Å². The van der Waals surface area contributed by atoms with Gasteiger partial charge in [-0.2, -0.15) is 0 Å². The summed E-state index contributed by atoms with van der Waals surface area (Å²) in [5, 5.41) is 0.587. The van der Waals surface area contributed by atoms with Crippen molar-refractivity contribution in [1.29, 1.82) is 0 Å². The van der Waals surface area contributed by atoms with Crippen LogP contribution in [0, 0.1) is 13.8 Å². The Morgan fingerprint density at radius 3 is 2.81 bits per heavy atom. The molecule has 3 aromatic rings. The number of hydrogen-bond acceptors (Lipinski definition) is 5. The van der Waals surface area contributed by atoms with E-state index in [2.05, 4.69) is 4.98 Å². The summed E-state index contributed by atoms with van der Waals surface area (Å²) in [5.74, 6) is -0.165. The molecule has 0 unspecified atom stereocenters. The smallest absolute Gasteiger partial charge is 0.262 e. The molecule has 0 atom stereocenters. The molecule has 6 nitrogen and oxygen atoms in total. The molecule has 1 aromatic carbocycles. The topological polar surface area (TPSA) is 72.3 Å². The van der Waals surface area contributed by atoms with Crippen LogP contribution >= 0.6 is 11.3 Å². The van der Waals surface area contributed by atoms with E-state index in [0.29, 0.717) is 22.2 Å². The number of Topliss-reactive ketones (excluding diaryl/α,β-unsaturated/α-hetero) is 1. The van der Waals surface area contributed by atoms with E-state index in [1.807, 2.05) is 13.8 Å². The molecule has 132 valence electrons. The Balaban J connectivity index is 1.67. The maximum atomic E-state index is 12.7. The number of aryl methyl sites for hydroxylation is 2. The number of carbonyl (C=O) groups excluding carboxylic acids is 2. The van der Waals surface area contributed by atoms with E-state index in [1.54, 1.807) is 30.1 Å². The fourth-order valence-electron chi connectivity index (χ4n) is 3.27. The van der Waals surface area contributed by atoms with Gasteiger partial charge in [-0.3, -0.25) is 19.0 Å². The van der Waals surface area contributed by atoms with Crippen LogP contribution in [-0.4, -0.2) is 28.3 Å². The molecule has 1 aliphatic rings. The standard InChI is InChI=1S/C19H17N3O3S/c1-10-11(2)26-18-17(10)19(25)22(9-20-18)8-15(23)12-4-5-14-13(6-12)7-16(24)21(14)3/h4-6,9H,7-8H2,1-3H3. The number of ketones is 1. The molecule has 0 radical (unpaired) electrons. The monoisotopic (exact) mass is 367 g/mol. The van der Waals surface area contributed by atoms with Crippen LogP contribution in [0.2, 0.25) is 0 Å². The molecule has 3 heterocycles. The number of carbonyl (C=O) groups is 2. The first-order valence-electron chi connectivity index (χ1n) is 8.24. The second-order valence-electron chi connectivity index (χ2n) is 6.54. The molecule has 0 saturated heterocycles. The number of likely N-dealkylation sites (N-methyl/N-ethyl adjacent to an activating group) is 1. The zero-order valence-electron chi connectivity index (χ0n) is 14.7. The van der Waals surface area contributed by atoms with E-state index in [1.165, 1.54) is 22.2 Å². The van der Waals surface area contributed by atoms with E-state index >= 15 is 0 Å². The number of aromatic nitrogens is 2. The third-order valence-corrected chi connectivity index (χ3v) is 6.06. The zero-order valence-corrected chi connectivity index (χ0v) is 15.5. The SMILES string of the molecule is Cc1sc2ncn(CC(=O)c3ccc4c(c3)CC(=O)N4C)c(=O)c2c1C. The zero-order chi connectivity index (χ0) is 18.6. The molecule has 4 rings (SSSR count). The van der Waals surface area contributed by atoms with Gasteiger partial charge in [0.25, 0.3) is 5.56 Å². The minimum atomic E-state index is -0.193. The van der Waals surface area contributed by atoms with Crippen molar-refractivity contribution in [3.05, 3.63) is 56.4 Å². The number of fused-ring (bicyclic) bond motifs is 2. The van der Waals surface area contributed by atoms with E-state index in [-0.39, 0.29) is 23.8 Å². The molecule has 0 spiro atoms. The molecule has 0 saturated carbocycles. The van der Waals surface area contributed by atoms with Crippen molar-refractivity contribution >= 4 is 38.9 Å². The summed E-state index contributed by atoms with van der Waals surface area (Å²) in [6.07, 6.45) is 1.73. The Morgan fingerprint density at radius 2 is 2.04 bits per heavy atom. The van der Waals surface area contributed by atoms with Gasteiger partial charge in [-0.1, -0.05) is 0 Å². The summed E-state index contributed by atoms with van der Waals surface area (Å²) < 4.78 is 1.36. The molecule has 1 aliphatic heterocycles. The van der Waals surface area contributed by atoms with Crippen LogP contribution in [-0.2, 0) is 17.8 Å². The third-order valence-electron chi connectivity index (χ3n) is 4.95. The van der Waals surface area contributed by atoms with Gasteiger partial charge in [0.2, 0.25) is 5.91 Å². The van der Waals surface area contributed by atoms with E-state index < -0.39 is 0 Å². The highest BCUT2D eigenvalue weighted by molar-refractivity contribution is 7.18. The van der Waals surface area contributed by atoms with Crippen LogP contribution in [0.1, 0.15) is 26.4 Å². The molecule has 1 amide bonds. The molecule has 2 aromatic heterocycles. The molecule has 0 fully saturated rings. The van der Waals surface area contributed by atoms with Crippen molar-refractivity contribution in [3.63, 3.8) is 0 Å². The van der Waals surface area contributed by atoms with Crippen molar-refractivity contribution in [2.75, 3.05) is 11.9 Å². The predicted molar refractivity (Wildman–Crippen MR) is 101 cm³/mol. The maximum Gasteiger partial charge on any atom is 0.262 e. The summed E-state index contributed by atoms with van der Waals surface area (Å²) in [5.41, 5.74) is 2.89. The number of nitrogens with zero attached hydrogens (tertiary/aromatic N) is 3. The highest BCUT2D eigenvalue weighted by Crippen LogP contribution is 2.29. The lowest BCUT2D eigenvalue weighted by molar-refractivity contribution is -0.117. The Labute approximate surface area is 153 Å². The average Bonchev–Trinajstić information content (AvgIpc) is 3.06. The van der Waals surface area contributed by atoms with E-state index in [4.69, 9.17) is 0 Å². The fourth-order valence-corrected chi connectivity index (χ4v) is 4.26. The summed E-state index contributed by atoms with van der Waals surface area (Å²) in [6, 6.07) is 5.23. The van der Waals surface area contributed by atoms with Gasteiger partial charge in [-0.05, 0) is 43.2 Å². The van der Waals surface area contributed by atoms with Gasteiger partial charge in [0.15, 0.2) is 5.78 Å². The second kappa shape index (κ2) is 5.88. The van der Waals surface area contributed by atoms with E-state index in [0.717, 1.165) is 21.7 Å². The second-order valence-corrected chi connectivity index (χ2v) is 7.74. The van der Waals surface area contributed by atoms with Crippen LogP contribution in [0.25, 0.3) is 10.2 Å². The van der Waals surface area contributed by atoms with Crippen LogP contribution in [0.5, 0.6) is 0 Å². The number of benzene rings is 1. The van der Waals surface area contributed by atoms with Crippen LogP contribution in [0.15, 0.2) is 29.3 Å². The molecule has 0 aliphatic carbocycles. The van der Waals surface area contributed by atoms with Gasteiger partial charge in [0, 0.05) is 23.2 Å². The summed E-state index contributed by atoms with van der Waals surface area (Å²) in [7, 11) is 1.72. The van der Waals surface area contributed by atoms with Gasteiger partial charge < -0.3 is 4.90 Å². The fraction of sp³-hybridized carbons (Fsp3) is 0.263. The lowest BCUT2D eigenvalue weighted by atomic mass is 10.0. The predicted octanol–water partition coefficient (Wildman–Crippen LogP) is 2.48. The molecule has 0 N–H and O–H groups in total. The molecule has 7 heteroatoms. The number of rotatable bonds is 3. The van der Waals surface area contributed by atoms with Gasteiger partial charge in [-0.25, -0.2) is 4.98 Å². The normalized spacial score (nSPS) is 13.5. The first-order valence-corrected chi connectivity index (χ1v) is 9.06. The van der Waals surface area contributed by atoms with Gasteiger partial charge in [0.05, 0.1) is 24.7 Å². The third kappa shape index (κ3) is 2.47. The van der Waals surface area contributed by atoms with Crippen molar-refractivity contribution in [2.45, 2.75) is 26.8 Å². The van der Waals surface area contributed by atoms with Gasteiger partial charge in [0.1, 0.15) is 4.83 Å². The molecular formula is C19H17N3O3S. The number of thiophene rings is 1. The first-order chi connectivity index (χ1) is 12.4. The van der Waals surface area contributed by atoms with Crippen LogP contribution < -0.4 is 10.5 Å². The van der Waals surface area contributed by atoms with E-state index in [9.17, 15) is 14.4 Å². The first kappa shape index (κ1) is 16.7. The van der Waals surface area contributed by atoms with Crippen LogP contribution in [0.3, 0.4) is 0 Å². The number of anilines is 1. The Kier molecular flexibility index (Phi) is 3.77. The highest BCUT2D eigenvalue weighted by atomic mass is 32.1. The lowest BCUT2D eigenvalue weighted by Crippen LogP contribution is -2.24. The number of hydrogen-bond donors (Lipinski definition) is 0. The summed E-state index contributed by atoms with van der Waals surface area (Å²) in [4.78, 5) is 44.9. The quantitative estimate of drug-likeness (QED) is 0.667. The molecular weight excluding hydrogens is 350 g/mol. The van der Waals surface area contributed by atoms with Crippen molar-refractivity contribution < 1.29 is 9.59 Å². The highest BCUT2D eigenvalue weighted by Gasteiger charge is 2.25. The lowest BCUT2D eigenvalue weighted by Gasteiger charge is -2.10. The van der Waals surface area contributed by atoms with Crippen molar-refractivity contribution in [3.8, 4) is 0 Å². The number of amides is 1. The molecule has 26 heavy (non-hydrogen) atoms. The maximum absolute atomic E-state index is 12.7. The average molecular weight is 367 g/mol. The van der Waals surface area contributed by atoms with Crippen molar-refractivity contribution in [2.24, 2.45) is 0 Å².